The molecule has 3 rings (SSSR count). The molecule has 0 aliphatic carbocycles. The minimum Gasteiger partial charge on any atom is -0.306 e. The van der Waals surface area contributed by atoms with Crippen molar-refractivity contribution in [3.8, 4) is 0 Å². The van der Waals surface area contributed by atoms with Crippen molar-refractivity contribution in [2.75, 3.05) is 6.54 Å². The summed E-state index contributed by atoms with van der Waals surface area (Å²) in [5.74, 6) is 0. The van der Waals surface area contributed by atoms with Crippen LogP contribution in [0.3, 0.4) is 0 Å². The highest BCUT2D eigenvalue weighted by Gasteiger charge is 2.18. The Morgan fingerprint density at radius 2 is 2.14 bits per heavy atom. The van der Waals surface area contributed by atoms with Gasteiger partial charge in [-0.1, -0.05) is 25.1 Å². The summed E-state index contributed by atoms with van der Waals surface area (Å²) in [5.41, 5.74) is 3.62. The van der Waals surface area contributed by atoms with Gasteiger partial charge in [-0.2, -0.15) is 0 Å². The molecule has 0 aliphatic rings. The summed E-state index contributed by atoms with van der Waals surface area (Å²) in [7, 11) is 0. The molecule has 0 spiro atoms. The summed E-state index contributed by atoms with van der Waals surface area (Å²) in [6.45, 7) is 5.21. The second-order valence-electron chi connectivity index (χ2n) is 5.01. The monoisotopic (exact) mass is 360 g/mol. The molecule has 1 N–H and O–H groups in total. The van der Waals surface area contributed by atoms with Gasteiger partial charge in [0.05, 0.1) is 15.3 Å². The Hall–Kier alpha value is -1.23. The average molecular weight is 361 g/mol. The van der Waals surface area contributed by atoms with E-state index in [9.17, 15) is 0 Å². The highest BCUT2D eigenvalue weighted by Crippen LogP contribution is 2.36. The van der Waals surface area contributed by atoms with Crippen LogP contribution in [0.2, 0.25) is 0 Å². The van der Waals surface area contributed by atoms with Crippen LogP contribution in [0.4, 0.5) is 0 Å². The van der Waals surface area contributed by atoms with Gasteiger partial charge in [-0.15, -0.1) is 11.3 Å². The van der Waals surface area contributed by atoms with Crippen LogP contribution in [0.15, 0.2) is 46.4 Å². The van der Waals surface area contributed by atoms with E-state index in [0.717, 1.165) is 12.1 Å². The quantitative estimate of drug-likeness (QED) is 0.702. The van der Waals surface area contributed by atoms with Crippen LogP contribution in [0.5, 0.6) is 0 Å². The Bertz CT molecular complexity index is 742. The van der Waals surface area contributed by atoms with Crippen molar-refractivity contribution in [1.29, 1.82) is 0 Å². The molecule has 2 nitrogen and oxygen atoms in total. The standard InChI is InChI=1S/C17H17BrN2S/c1-3-19-16(15-10-11(2)17(18)21-15)13-6-4-8-14-12(13)7-5-9-20-14/h4-10,16,19H,3H2,1-2H3. The number of benzene rings is 1. The van der Waals surface area contributed by atoms with E-state index in [1.54, 1.807) is 11.3 Å². The Labute approximate surface area is 137 Å². The fourth-order valence-corrected chi connectivity index (χ4v) is 4.24. The molecule has 1 aromatic carbocycles. The van der Waals surface area contributed by atoms with Crippen LogP contribution >= 0.6 is 27.3 Å². The topological polar surface area (TPSA) is 24.9 Å². The molecule has 0 aliphatic heterocycles. The Morgan fingerprint density at radius 1 is 1.29 bits per heavy atom. The van der Waals surface area contributed by atoms with E-state index in [0.29, 0.717) is 0 Å². The van der Waals surface area contributed by atoms with Crippen LogP contribution in [0.1, 0.15) is 29.0 Å². The first-order valence-corrected chi connectivity index (χ1v) is 8.64. The van der Waals surface area contributed by atoms with E-state index in [1.807, 2.05) is 12.3 Å². The normalized spacial score (nSPS) is 12.7. The molecule has 0 radical (unpaired) electrons. The van der Waals surface area contributed by atoms with E-state index >= 15 is 0 Å². The van der Waals surface area contributed by atoms with Crippen LogP contribution in [0, 0.1) is 6.92 Å². The number of rotatable bonds is 4. The lowest BCUT2D eigenvalue weighted by Crippen LogP contribution is -2.21. The number of hydrogen-bond acceptors (Lipinski definition) is 3. The third-order valence-electron chi connectivity index (χ3n) is 3.56. The van der Waals surface area contributed by atoms with Crippen molar-refractivity contribution in [3.63, 3.8) is 0 Å². The third kappa shape index (κ3) is 2.89. The van der Waals surface area contributed by atoms with Crippen molar-refractivity contribution in [3.05, 3.63) is 62.4 Å². The number of aromatic nitrogens is 1. The fraction of sp³-hybridized carbons (Fsp3) is 0.235. The molecule has 0 fully saturated rings. The van der Waals surface area contributed by atoms with Gasteiger partial charge in [-0.05, 0) is 58.7 Å². The first kappa shape index (κ1) is 14.7. The van der Waals surface area contributed by atoms with Gasteiger partial charge < -0.3 is 5.32 Å². The number of aryl methyl sites for hydroxylation is 1. The lowest BCUT2D eigenvalue weighted by atomic mass is 9.99. The molecule has 2 heterocycles. The molecule has 1 atom stereocenters. The molecule has 0 bridgehead atoms. The van der Waals surface area contributed by atoms with Crippen LogP contribution in [0.25, 0.3) is 10.9 Å². The van der Waals surface area contributed by atoms with Crippen molar-refractivity contribution in [2.45, 2.75) is 19.9 Å². The maximum absolute atomic E-state index is 4.47. The Morgan fingerprint density at radius 3 is 2.86 bits per heavy atom. The predicted octanol–water partition coefficient (Wildman–Crippen LogP) is 5.07. The van der Waals surface area contributed by atoms with Gasteiger partial charge in [0.1, 0.15) is 0 Å². The van der Waals surface area contributed by atoms with E-state index in [-0.39, 0.29) is 6.04 Å². The minimum absolute atomic E-state index is 0.206. The summed E-state index contributed by atoms with van der Waals surface area (Å²) >= 11 is 5.44. The molecule has 2 aromatic heterocycles. The van der Waals surface area contributed by atoms with Crippen molar-refractivity contribution in [1.82, 2.24) is 10.3 Å². The number of fused-ring (bicyclic) bond motifs is 1. The van der Waals surface area contributed by atoms with Gasteiger partial charge in [0, 0.05) is 16.5 Å². The number of nitrogens with zero attached hydrogens (tertiary/aromatic N) is 1. The lowest BCUT2D eigenvalue weighted by Gasteiger charge is -2.18. The summed E-state index contributed by atoms with van der Waals surface area (Å²) in [6.07, 6.45) is 1.85. The number of thiophene rings is 1. The fourth-order valence-electron chi connectivity index (χ4n) is 2.57. The van der Waals surface area contributed by atoms with Crippen LogP contribution in [-0.4, -0.2) is 11.5 Å². The van der Waals surface area contributed by atoms with Gasteiger partial charge >= 0.3 is 0 Å². The van der Waals surface area contributed by atoms with Gasteiger partial charge in [0.25, 0.3) is 0 Å². The lowest BCUT2D eigenvalue weighted by molar-refractivity contribution is 0.643. The first-order valence-electron chi connectivity index (χ1n) is 7.03. The number of hydrogen-bond donors (Lipinski definition) is 1. The molecule has 0 saturated heterocycles. The first-order chi connectivity index (χ1) is 10.2. The number of halogens is 1. The second-order valence-corrected chi connectivity index (χ2v) is 7.42. The maximum Gasteiger partial charge on any atom is 0.0731 e. The van der Waals surface area contributed by atoms with Crippen molar-refractivity contribution < 1.29 is 0 Å². The average Bonchev–Trinajstić information content (AvgIpc) is 2.84. The smallest absolute Gasteiger partial charge is 0.0731 e. The van der Waals surface area contributed by atoms with E-state index < -0.39 is 0 Å². The summed E-state index contributed by atoms with van der Waals surface area (Å²) < 4.78 is 1.21. The molecular weight excluding hydrogens is 344 g/mol. The zero-order valence-electron chi connectivity index (χ0n) is 12.1. The largest absolute Gasteiger partial charge is 0.306 e. The molecule has 108 valence electrons. The zero-order valence-corrected chi connectivity index (χ0v) is 14.5. The molecular formula is C17H17BrN2S. The SMILES string of the molecule is CCNC(c1cc(C)c(Br)s1)c1cccc2ncccc12. The summed E-state index contributed by atoms with van der Waals surface area (Å²) in [5, 5.41) is 4.83. The van der Waals surface area contributed by atoms with E-state index in [2.05, 4.69) is 70.4 Å². The third-order valence-corrected chi connectivity index (χ3v) is 5.76. The summed E-state index contributed by atoms with van der Waals surface area (Å²) in [6, 6.07) is 13.0. The Balaban J connectivity index is 2.15. The molecule has 4 heteroatoms. The highest BCUT2D eigenvalue weighted by atomic mass is 79.9. The van der Waals surface area contributed by atoms with Crippen molar-refractivity contribution in [2.24, 2.45) is 0 Å². The molecule has 21 heavy (non-hydrogen) atoms. The predicted molar refractivity (Wildman–Crippen MR) is 94.0 cm³/mol. The molecule has 1 unspecified atom stereocenters. The highest BCUT2D eigenvalue weighted by molar-refractivity contribution is 9.11. The van der Waals surface area contributed by atoms with Gasteiger partial charge in [-0.25, -0.2) is 0 Å². The molecule has 3 aromatic rings. The minimum atomic E-state index is 0.206. The van der Waals surface area contributed by atoms with Gasteiger partial charge in [0.2, 0.25) is 0 Å². The molecule has 0 amide bonds. The van der Waals surface area contributed by atoms with E-state index in [4.69, 9.17) is 0 Å². The van der Waals surface area contributed by atoms with Crippen LogP contribution in [-0.2, 0) is 0 Å². The zero-order chi connectivity index (χ0) is 14.8. The number of pyridine rings is 1. The second kappa shape index (κ2) is 6.26. The Kier molecular flexibility index (Phi) is 4.38. The maximum atomic E-state index is 4.47. The summed E-state index contributed by atoms with van der Waals surface area (Å²) in [4.78, 5) is 5.80. The molecule has 0 saturated carbocycles. The number of nitrogens with one attached hydrogen (secondary N) is 1. The van der Waals surface area contributed by atoms with Crippen molar-refractivity contribution >= 4 is 38.2 Å². The van der Waals surface area contributed by atoms with Crippen LogP contribution < -0.4 is 5.32 Å². The van der Waals surface area contributed by atoms with Gasteiger partial charge in [-0.3, -0.25) is 4.98 Å². The van der Waals surface area contributed by atoms with E-state index in [1.165, 1.54) is 25.2 Å². The van der Waals surface area contributed by atoms with Gasteiger partial charge in [0.15, 0.2) is 0 Å².